The Kier molecular flexibility index (Phi) is 5.31. The lowest BCUT2D eigenvalue weighted by Gasteiger charge is -2.08. The molecule has 2 aromatic rings. The van der Waals surface area contributed by atoms with Crippen molar-refractivity contribution in [3.63, 3.8) is 0 Å². The van der Waals surface area contributed by atoms with Crippen molar-refractivity contribution in [1.29, 1.82) is 0 Å². The number of hydrogen-bond acceptors (Lipinski definition) is 1. The van der Waals surface area contributed by atoms with Crippen LogP contribution in [0.15, 0.2) is 48.5 Å². The molecule has 0 nitrogen and oxygen atoms in total. The highest BCUT2D eigenvalue weighted by Gasteiger charge is 2.02. The van der Waals surface area contributed by atoms with Gasteiger partial charge in [0.2, 0.25) is 0 Å². The standard InChI is InChI=1S/C19H24S/c1-14(2)17-9-11-19(12-10-17)18-7-5-16(6-8-18)13-20-15(3)4/h5-12,14-15H,13H2,1-4H3. The van der Waals surface area contributed by atoms with Crippen molar-refractivity contribution in [3.05, 3.63) is 59.7 Å². The molecule has 0 heterocycles. The molecule has 0 atom stereocenters. The number of rotatable bonds is 5. The summed E-state index contributed by atoms with van der Waals surface area (Å²) in [6, 6.07) is 17.9. The zero-order valence-electron chi connectivity index (χ0n) is 12.9. The Hall–Kier alpha value is -1.21. The van der Waals surface area contributed by atoms with Gasteiger partial charge in [0.15, 0.2) is 0 Å². The van der Waals surface area contributed by atoms with Crippen LogP contribution in [0.1, 0.15) is 44.7 Å². The summed E-state index contributed by atoms with van der Waals surface area (Å²) in [5.74, 6) is 1.70. The summed E-state index contributed by atoms with van der Waals surface area (Å²) < 4.78 is 0. The second-order valence-electron chi connectivity index (χ2n) is 5.83. The third kappa shape index (κ3) is 4.14. The molecule has 0 N–H and O–H groups in total. The molecular weight excluding hydrogens is 260 g/mol. The van der Waals surface area contributed by atoms with Gasteiger partial charge in [-0.05, 0) is 33.4 Å². The Morgan fingerprint density at radius 3 is 1.70 bits per heavy atom. The summed E-state index contributed by atoms with van der Waals surface area (Å²) in [5, 5.41) is 0.693. The number of hydrogen-bond donors (Lipinski definition) is 0. The van der Waals surface area contributed by atoms with Crippen LogP contribution in [0.2, 0.25) is 0 Å². The molecule has 2 rings (SSSR count). The largest absolute Gasteiger partial charge is 0.154 e. The van der Waals surface area contributed by atoms with Crippen LogP contribution in [0.3, 0.4) is 0 Å². The van der Waals surface area contributed by atoms with E-state index in [4.69, 9.17) is 0 Å². The van der Waals surface area contributed by atoms with E-state index in [9.17, 15) is 0 Å². The van der Waals surface area contributed by atoms with Gasteiger partial charge in [0.05, 0.1) is 0 Å². The first-order chi connectivity index (χ1) is 9.56. The summed E-state index contributed by atoms with van der Waals surface area (Å²) in [6.45, 7) is 8.96. The summed E-state index contributed by atoms with van der Waals surface area (Å²) in [7, 11) is 0. The van der Waals surface area contributed by atoms with Crippen LogP contribution in [-0.4, -0.2) is 5.25 Å². The van der Waals surface area contributed by atoms with E-state index in [0.717, 1.165) is 5.75 Å². The maximum atomic E-state index is 2.25. The van der Waals surface area contributed by atoms with Gasteiger partial charge in [-0.15, -0.1) is 0 Å². The first-order valence-electron chi connectivity index (χ1n) is 7.37. The lowest BCUT2D eigenvalue weighted by Crippen LogP contribution is -1.89. The lowest BCUT2D eigenvalue weighted by atomic mass is 9.98. The van der Waals surface area contributed by atoms with Crippen molar-refractivity contribution in [2.45, 2.75) is 44.6 Å². The molecule has 0 spiro atoms. The van der Waals surface area contributed by atoms with E-state index < -0.39 is 0 Å². The Balaban J connectivity index is 2.09. The molecule has 0 aromatic heterocycles. The molecule has 0 aliphatic carbocycles. The average molecular weight is 284 g/mol. The molecule has 0 aliphatic rings. The van der Waals surface area contributed by atoms with Crippen LogP contribution < -0.4 is 0 Å². The van der Waals surface area contributed by atoms with Crippen LogP contribution in [0.4, 0.5) is 0 Å². The third-order valence-electron chi connectivity index (χ3n) is 3.45. The molecule has 0 unspecified atom stereocenters. The van der Waals surface area contributed by atoms with E-state index in [1.807, 2.05) is 11.8 Å². The van der Waals surface area contributed by atoms with Gasteiger partial charge in [0.25, 0.3) is 0 Å². The maximum Gasteiger partial charge on any atom is 0.0187 e. The Labute approximate surface area is 127 Å². The van der Waals surface area contributed by atoms with Crippen molar-refractivity contribution in [3.8, 4) is 11.1 Å². The van der Waals surface area contributed by atoms with Gasteiger partial charge in [-0.2, -0.15) is 11.8 Å². The van der Waals surface area contributed by atoms with Crippen molar-refractivity contribution in [2.24, 2.45) is 0 Å². The minimum atomic E-state index is 0.597. The van der Waals surface area contributed by atoms with E-state index in [2.05, 4.69) is 76.2 Å². The SMILES string of the molecule is CC(C)SCc1ccc(-c2ccc(C(C)C)cc2)cc1. The minimum Gasteiger partial charge on any atom is -0.154 e. The quantitative estimate of drug-likeness (QED) is 0.637. The van der Waals surface area contributed by atoms with Gasteiger partial charge in [0, 0.05) is 5.75 Å². The van der Waals surface area contributed by atoms with Gasteiger partial charge >= 0.3 is 0 Å². The molecule has 20 heavy (non-hydrogen) atoms. The summed E-state index contributed by atoms with van der Waals surface area (Å²) >= 11 is 1.99. The van der Waals surface area contributed by atoms with Crippen LogP contribution >= 0.6 is 11.8 Å². The summed E-state index contributed by atoms with van der Waals surface area (Å²) in [4.78, 5) is 0. The summed E-state index contributed by atoms with van der Waals surface area (Å²) in [5.41, 5.74) is 5.42. The fourth-order valence-corrected chi connectivity index (χ4v) is 2.84. The molecule has 1 heteroatoms. The maximum absolute atomic E-state index is 2.25. The Morgan fingerprint density at radius 2 is 1.25 bits per heavy atom. The molecule has 0 bridgehead atoms. The molecule has 0 amide bonds. The molecule has 0 radical (unpaired) electrons. The van der Waals surface area contributed by atoms with Crippen molar-refractivity contribution in [2.75, 3.05) is 0 Å². The third-order valence-corrected chi connectivity index (χ3v) is 4.61. The Morgan fingerprint density at radius 1 is 0.750 bits per heavy atom. The zero-order valence-corrected chi connectivity index (χ0v) is 13.7. The van der Waals surface area contributed by atoms with Crippen LogP contribution in [0, 0.1) is 0 Å². The topological polar surface area (TPSA) is 0 Å². The van der Waals surface area contributed by atoms with E-state index in [1.165, 1.54) is 22.3 Å². The normalized spacial score (nSPS) is 11.3. The average Bonchev–Trinajstić information content (AvgIpc) is 2.46. The molecule has 106 valence electrons. The van der Waals surface area contributed by atoms with Gasteiger partial charge in [0.1, 0.15) is 0 Å². The van der Waals surface area contributed by atoms with Crippen molar-refractivity contribution in [1.82, 2.24) is 0 Å². The van der Waals surface area contributed by atoms with Gasteiger partial charge in [-0.3, -0.25) is 0 Å². The predicted octanol–water partition coefficient (Wildman–Crippen LogP) is 6.12. The summed E-state index contributed by atoms with van der Waals surface area (Å²) in [6.07, 6.45) is 0. The monoisotopic (exact) mass is 284 g/mol. The molecular formula is C19H24S. The molecule has 0 saturated carbocycles. The van der Waals surface area contributed by atoms with Gasteiger partial charge in [-0.25, -0.2) is 0 Å². The fourth-order valence-electron chi connectivity index (χ4n) is 2.12. The van der Waals surface area contributed by atoms with Gasteiger partial charge in [-0.1, -0.05) is 76.2 Å². The van der Waals surface area contributed by atoms with E-state index in [-0.39, 0.29) is 0 Å². The van der Waals surface area contributed by atoms with E-state index in [0.29, 0.717) is 11.2 Å². The van der Waals surface area contributed by atoms with Crippen LogP contribution in [-0.2, 0) is 5.75 Å². The van der Waals surface area contributed by atoms with Crippen LogP contribution in [0.5, 0.6) is 0 Å². The second kappa shape index (κ2) is 6.99. The highest BCUT2D eigenvalue weighted by atomic mass is 32.2. The highest BCUT2D eigenvalue weighted by Crippen LogP contribution is 2.24. The predicted molar refractivity (Wildman–Crippen MR) is 92.4 cm³/mol. The fraction of sp³-hybridized carbons (Fsp3) is 0.368. The molecule has 0 saturated heterocycles. The molecule has 0 fully saturated rings. The first-order valence-corrected chi connectivity index (χ1v) is 8.42. The second-order valence-corrected chi connectivity index (χ2v) is 7.40. The highest BCUT2D eigenvalue weighted by molar-refractivity contribution is 7.99. The zero-order chi connectivity index (χ0) is 14.5. The number of benzene rings is 2. The van der Waals surface area contributed by atoms with Gasteiger partial charge < -0.3 is 0 Å². The van der Waals surface area contributed by atoms with E-state index in [1.54, 1.807) is 0 Å². The van der Waals surface area contributed by atoms with E-state index >= 15 is 0 Å². The Bertz CT molecular complexity index is 521. The lowest BCUT2D eigenvalue weighted by molar-refractivity contribution is 0.867. The van der Waals surface area contributed by atoms with Crippen LogP contribution in [0.25, 0.3) is 11.1 Å². The smallest absolute Gasteiger partial charge is 0.0187 e. The number of thioether (sulfide) groups is 1. The first kappa shape index (κ1) is 15.2. The molecule has 0 aliphatic heterocycles. The molecule has 2 aromatic carbocycles. The van der Waals surface area contributed by atoms with Crippen molar-refractivity contribution >= 4 is 11.8 Å². The van der Waals surface area contributed by atoms with Crippen molar-refractivity contribution < 1.29 is 0 Å². The minimum absolute atomic E-state index is 0.597.